The predicted molar refractivity (Wildman–Crippen MR) is 153 cm³/mol. The number of rotatable bonds is 14. The molecule has 1 aromatic rings. The number of aliphatic hydroxyl groups excluding tert-OH is 2. The molecule has 1 saturated carbocycles. The number of hydrogen-bond donors (Lipinski definition) is 5. The van der Waals surface area contributed by atoms with Crippen LogP contribution in [0, 0.1) is 5.92 Å². The van der Waals surface area contributed by atoms with Crippen molar-refractivity contribution in [3.05, 3.63) is 41.5 Å². The van der Waals surface area contributed by atoms with Gasteiger partial charge in [0.2, 0.25) is 17.7 Å². The highest BCUT2D eigenvalue weighted by Gasteiger charge is 2.50. The van der Waals surface area contributed by atoms with Crippen molar-refractivity contribution in [2.75, 3.05) is 20.3 Å². The van der Waals surface area contributed by atoms with Crippen LogP contribution in [0.5, 0.6) is 5.75 Å². The van der Waals surface area contributed by atoms with Gasteiger partial charge in [0.25, 0.3) is 0 Å². The van der Waals surface area contributed by atoms with E-state index in [9.17, 15) is 29.4 Å². The summed E-state index contributed by atoms with van der Waals surface area (Å²) in [5.74, 6) is -1.58. The van der Waals surface area contributed by atoms with Gasteiger partial charge in [0.1, 0.15) is 23.4 Å². The molecule has 42 heavy (non-hydrogen) atoms. The minimum Gasteiger partial charge on any atom is -0.497 e. The Kier molecular flexibility index (Phi) is 10.7. The number of Topliss-reactive ketones (excluding diaryl/α,β-unsaturated/α-hetero) is 1. The van der Waals surface area contributed by atoms with Crippen molar-refractivity contribution in [3.8, 4) is 5.75 Å². The summed E-state index contributed by atoms with van der Waals surface area (Å²) < 4.78 is 10.6. The minimum atomic E-state index is -1.27. The fourth-order valence-corrected chi connectivity index (χ4v) is 5.59. The van der Waals surface area contributed by atoms with Gasteiger partial charge in [-0.2, -0.15) is 0 Å². The molecule has 1 aliphatic heterocycles. The number of epoxide rings is 1. The van der Waals surface area contributed by atoms with Crippen molar-refractivity contribution in [2.45, 2.75) is 94.5 Å². The molecular formula is C31H43N3O8. The number of carbonyl (C=O) groups excluding carboxylic acids is 4. The van der Waals surface area contributed by atoms with Crippen molar-refractivity contribution >= 4 is 23.5 Å². The Bertz CT molecular complexity index is 1160. The van der Waals surface area contributed by atoms with E-state index in [4.69, 9.17) is 9.47 Å². The Morgan fingerprint density at radius 3 is 2.19 bits per heavy atom. The highest BCUT2D eigenvalue weighted by atomic mass is 16.6. The summed E-state index contributed by atoms with van der Waals surface area (Å²) in [6.45, 7) is 1.34. The van der Waals surface area contributed by atoms with Gasteiger partial charge in [0.05, 0.1) is 32.5 Å². The van der Waals surface area contributed by atoms with E-state index in [0.29, 0.717) is 44.5 Å². The molecule has 230 valence electrons. The zero-order chi connectivity index (χ0) is 30.3. The normalized spacial score (nSPS) is 25.4. The lowest BCUT2D eigenvalue weighted by Gasteiger charge is -2.28. The van der Waals surface area contributed by atoms with Crippen LogP contribution < -0.4 is 20.7 Å². The fraction of sp³-hybridized carbons (Fsp3) is 0.613. The zero-order valence-electron chi connectivity index (χ0n) is 24.4. The second-order valence-corrected chi connectivity index (χ2v) is 11.8. The van der Waals surface area contributed by atoms with Gasteiger partial charge in [-0.15, -0.1) is 0 Å². The van der Waals surface area contributed by atoms with Gasteiger partial charge in [-0.1, -0.05) is 23.8 Å². The first-order valence-electron chi connectivity index (χ1n) is 14.8. The van der Waals surface area contributed by atoms with Gasteiger partial charge in [-0.25, -0.2) is 0 Å². The molecule has 0 radical (unpaired) electrons. The third-order valence-corrected chi connectivity index (χ3v) is 8.45. The largest absolute Gasteiger partial charge is 0.497 e. The number of nitrogens with one attached hydrogen (secondary N) is 3. The standard InChI is InChI=1S/C31H43N3O8/c1-31(18-42-31)27(37)24(15-19-5-3-4-6-19)32-29(39)25(16-20-7-13-23(41-2)14-8-20)33-30(40)26(17-35)34-28(38)21-9-11-22(36)12-10-21/h5,7-8,13-14,21-22,24-26,35-36H,3-4,6,9-12,15-18H2,1-2H3,(H,32,39)(H,33,40)(H,34,38)/t21-,22-,24-,25-,26+,31+/m0/s1. The van der Waals surface area contributed by atoms with Crippen LogP contribution in [0.3, 0.4) is 0 Å². The quantitative estimate of drug-likeness (QED) is 0.160. The van der Waals surface area contributed by atoms with Crippen LogP contribution in [0.15, 0.2) is 35.9 Å². The molecule has 3 amide bonds. The van der Waals surface area contributed by atoms with Gasteiger partial charge in [-0.3, -0.25) is 19.2 Å². The molecule has 2 fully saturated rings. The number of aliphatic hydroxyl groups is 2. The first-order valence-corrected chi connectivity index (χ1v) is 14.8. The second kappa shape index (κ2) is 14.3. The number of allylic oxidation sites excluding steroid dienone is 1. The van der Waals surface area contributed by atoms with Crippen LogP contribution in [0.25, 0.3) is 0 Å². The maximum Gasteiger partial charge on any atom is 0.245 e. The van der Waals surface area contributed by atoms with Gasteiger partial charge < -0.3 is 35.6 Å². The third-order valence-electron chi connectivity index (χ3n) is 8.45. The summed E-state index contributed by atoms with van der Waals surface area (Å²) in [5, 5.41) is 27.9. The van der Waals surface area contributed by atoms with Gasteiger partial charge >= 0.3 is 0 Å². The van der Waals surface area contributed by atoms with E-state index in [0.717, 1.165) is 30.4 Å². The minimum absolute atomic E-state index is 0.103. The van der Waals surface area contributed by atoms with E-state index in [2.05, 4.69) is 22.0 Å². The molecule has 1 heterocycles. The number of methoxy groups -OCH3 is 1. The maximum absolute atomic E-state index is 13.7. The molecule has 5 N–H and O–H groups in total. The molecule has 4 atom stereocenters. The first kappa shape index (κ1) is 31.7. The van der Waals surface area contributed by atoms with E-state index in [1.165, 1.54) is 0 Å². The molecule has 1 aromatic carbocycles. The number of carbonyl (C=O) groups is 4. The maximum atomic E-state index is 13.7. The number of amides is 3. The van der Waals surface area contributed by atoms with Crippen molar-refractivity contribution in [3.63, 3.8) is 0 Å². The SMILES string of the molecule is COc1ccc(C[C@H](NC(=O)[C@@H](CO)NC(=O)[C@H]2CC[C@H](O)CC2)C(=O)N[C@@H](CC2=CCCC2)C(=O)[C@@]2(C)CO2)cc1. The molecule has 0 unspecified atom stereocenters. The third kappa shape index (κ3) is 8.39. The van der Waals surface area contributed by atoms with E-state index in [1.54, 1.807) is 38.3 Å². The zero-order valence-corrected chi connectivity index (χ0v) is 24.4. The number of ether oxygens (including phenoxy) is 2. The molecular weight excluding hydrogens is 542 g/mol. The van der Waals surface area contributed by atoms with Gasteiger partial charge in [0, 0.05) is 12.3 Å². The monoisotopic (exact) mass is 585 g/mol. The Hall–Kier alpha value is -3.28. The van der Waals surface area contributed by atoms with E-state index >= 15 is 0 Å². The summed E-state index contributed by atoms with van der Waals surface area (Å²) in [4.78, 5) is 53.1. The summed E-state index contributed by atoms with van der Waals surface area (Å²) in [5.41, 5.74) is 0.903. The summed E-state index contributed by atoms with van der Waals surface area (Å²) >= 11 is 0. The molecule has 3 aliphatic rings. The lowest BCUT2D eigenvalue weighted by molar-refractivity contribution is -0.135. The van der Waals surface area contributed by atoms with Gasteiger partial charge in [-0.05, 0) is 76.0 Å². The molecule has 11 nitrogen and oxygen atoms in total. The Balaban J connectivity index is 1.48. The van der Waals surface area contributed by atoms with Crippen LogP contribution in [-0.2, 0) is 30.3 Å². The van der Waals surface area contributed by atoms with E-state index in [-0.39, 0.29) is 24.0 Å². The van der Waals surface area contributed by atoms with Crippen LogP contribution in [0.4, 0.5) is 0 Å². The Labute approximate surface area is 246 Å². The molecule has 1 saturated heterocycles. The number of hydrogen-bond acceptors (Lipinski definition) is 8. The topological polar surface area (TPSA) is 167 Å². The average molecular weight is 586 g/mol. The van der Waals surface area contributed by atoms with Crippen LogP contribution >= 0.6 is 0 Å². The number of ketones is 1. The second-order valence-electron chi connectivity index (χ2n) is 11.8. The van der Waals surface area contributed by atoms with Crippen molar-refractivity contribution in [2.24, 2.45) is 5.92 Å². The lowest BCUT2D eigenvalue weighted by Crippen LogP contribution is -2.58. The van der Waals surface area contributed by atoms with Crippen LogP contribution in [-0.4, -0.2) is 83.9 Å². The van der Waals surface area contributed by atoms with E-state index in [1.807, 2.05) is 0 Å². The highest BCUT2D eigenvalue weighted by molar-refractivity contribution is 5.98. The average Bonchev–Trinajstić information content (AvgIpc) is 3.53. The summed E-state index contributed by atoms with van der Waals surface area (Å²) in [6.07, 6.45) is 6.92. The fourth-order valence-electron chi connectivity index (χ4n) is 5.59. The highest BCUT2D eigenvalue weighted by Crippen LogP contribution is 2.31. The molecule has 0 aromatic heterocycles. The van der Waals surface area contributed by atoms with Crippen molar-refractivity contribution in [1.82, 2.24) is 16.0 Å². The first-order chi connectivity index (χ1) is 20.1. The Morgan fingerprint density at radius 2 is 1.62 bits per heavy atom. The predicted octanol–water partition coefficient (Wildman–Crippen LogP) is 1.09. The smallest absolute Gasteiger partial charge is 0.245 e. The van der Waals surface area contributed by atoms with E-state index < -0.39 is 48.3 Å². The van der Waals surface area contributed by atoms with Gasteiger partial charge in [0.15, 0.2) is 5.78 Å². The molecule has 2 aliphatic carbocycles. The molecule has 4 rings (SSSR count). The Morgan fingerprint density at radius 1 is 0.976 bits per heavy atom. The molecule has 0 spiro atoms. The lowest BCUT2D eigenvalue weighted by atomic mass is 9.87. The van der Waals surface area contributed by atoms with Crippen LogP contribution in [0.1, 0.15) is 63.9 Å². The molecule has 11 heteroatoms. The number of benzene rings is 1. The molecule has 0 bridgehead atoms. The summed E-state index contributed by atoms with van der Waals surface area (Å²) in [7, 11) is 1.55. The van der Waals surface area contributed by atoms with Crippen molar-refractivity contribution < 1.29 is 38.9 Å². The summed E-state index contributed by atoms with van der Waals surface area (Å²) in [6, 6.07) is 3.86. The van der Waals surface area contributed by atoms with Crippen LogP contribution in [0.2, 0.25) is 0 Å². The van der Waals surface area contributed by atoms with Crippen molar-refractivity contribution in [1.29, 1.82) is 0 Å².